The molecular weight excluding hydrogens is 274 g/mol. The van der Waals surface area contributed by atoms with Gasteiger partial charge in [0.15, 0.2) is 0 Å². The van der Waals surface area contributed by atoms with Gasteiger partial charge >= 0.3 is 5.97 Å². The van der Waals surface area contributed by atoms with Crippen LogP contribution in [0.4, 0.5) is 5.69 Å². The Hall–Kier alpha value is -1.22. The lowest BCUT2D eigenvalue weighted by Crippen LogP contribution is -2.48. The Balaban J connectivity index is 2.34. The summed E-state index contributed by atoms with van der Waals surface area (Å²) in [7, 11) is 0. The zero-order valence-electron chi connectivity index (χ0n) is 12.4. The number of anilines is 1. The predicted molar refractivity (Wildman–Crippen MR) is 82.4 cm³/mol. The first-order chi connectivity index (χ1) is 9.54. The van der Waals surface area contributed by atoms with Crippen molar-refractivity contribution < 1.29 is 9.53 Å². The fourth-order valence-electron chi connectivity index (χ4n) is 2.87. The highest BCUT2D eigenvalue weighted by molar-refractivity contribution is 6.30. The minimum atomic E-state index is -0.227. The predicted octanol–water partition coefficient (Wildman–Crippen LogP) is 3.68. The Kier molecular flexibility index (Phi) is 4.92. The Morgan fingerprint density at radius 3 is 2.85 bits per heavy atom. The molecule has 0 aromatic heterocycles. The molecule has 4 heteroatoms. The molecule has 0 spiro atoms. The highest BCUT2D eigenvalue weighted by Gasteiger charge is 2.33. The van der Waals surface area contributed by atoms with Gasteiger partial charge in [0.05, 0.1) is 6.61 Å². The van der Waals surface area contributed by atoms with Crippen molar-refractivity contribution in [2.24, 2.45) is 5.92 Å². The normalized spacial score (nSPS) is 15.9. The number of halogens is 1. The van der Waals surface area contributed by atoms with E-state index in [1.807, 2.05) is 25.1 Å². The van der Waals surface area contributed by atoms with Crippen LogP contribution < -0.4 is 4.90 Å². The first-order valence-electron chi connectivity index (χ1n) is 7.26. The summed E-state index contributed by atoms with van der Waals surface area (Å²) in [5, 5.41) is 0.753. The highest BCUT2D eigenvalue weighted by Crippen LogP contribution is 2.32. The number of nitrogens with zero attached hydrogens (tertiary/aromatic N) is 1. The number of carbonyl (C=O) groups excluding carboxylic acids is 1. The largest absolute Gasteiger partial charge is 0.464 e. The smallest absolute Gasteiger partial charge is 0.329 e. The van der Waals surface area contributed by atoms with Crippen LogP contribution in [-0.4, -0.2) is 25.2 Å². The second-order valence-corrected chi connectivity index (χ2v) is 5.95. The minimum Gasteiger partial charge on any atom is -0.464 e. The van der Waals surface area contributed by atoms with Crippen LogP contribution in [0.25, 0.3) is 0 Å². The Morgan fingerprint density at radius 1 is 1.45 bits per heavy atom. The van der Waals surface area contributed by atoms with Crippen LogP contribution in [0, 0.1) is 5.92 Å². The van der Waals surface area contributed by atoms with Gasteiger partial charge < -0.3 is 9.64 Å². The topological polar surface area (TPSA) is 29.5 Å². The summed E-state index contributed by atoms with van der Waals surface area (Å²) < 4.78 is 5.25. The summed E-state index contributed by atoms with van der Waals surface area (Å²) >= 11 is 6.07. The van der Waals surface area contributed by atoms with Gasteiger partial charge in [0.2, 0.25) is 0 Å². The lowest BCUT2D eigenvalue weighted by molar-refractivity contribution is -0.145. The van der Waals surface area contributed by atoms with E-state index in [0.29, 0.717) is 6.61 Å². The van der Waals surface area contributed by atoms with Crippen molar-refractivity contribution in [2.75, 3.05) is 18.1 Å². The van der Waals surface area contributed by atoms with Gasteiger partial charge in [-0.3, -0.25) is 0 Å². The average molecular weight is 296 g/mol. The van der Waals surface area contributed by atoms with Gasteiger partial charge in [-0.2, -0.15) is 0 Å². The molecule has 2 rings (SSSR count). The molecule has 0 fully saturated rings. The minimum absolute atomic E-state index is 0.134. The number of ether oxygens (including phenoxy) is 1. The van der Waals surface area contributed by atoms with Crippen LogP contribution in [0.1, 0.15) is 32.8 Å². The Labute approximate surface area is 125 Å². The molecule has 0 radical (unpaired) electrons. The monoisotopic (exact) mass is 295 g/mol. The van der Waals surface area contributed by atoms with Gasteiger partial charge in [-0.1, -0.05) is 25.4 Å². The van der Waals surface area contributed by atoms with Crippen LogP contribution in [0.5, 0.6) is 0 Å². The second kappa shape index (κ2) is 6.49. The number of benzene rings is 1. The fourth-order valence-corrected chi connectivity index (χ4v) is 3.07. The molecule has 20 heavy (non-hydrogen) atoms. The fraction of sp³-hybridized carbons (Fsp3) is 0.562. The molecule has 0 saturated heterocycles. The molecule has 1 heterocycles. The van der Waals surface area contributed by atoms with Crippen molar-refractivity contribution in [1.82, 2.24) is 0 Å². The van der Waals surface area contributed by atoms with Crippen molar-refractivity contribution >= 4 is 23.3 Å². The second-order valence-electron chi connectivity index (χ2n) is 5.51. The summed E-state index contributed by atoms with van der Waals surface area (Å²) in [5.41, 5.74) is 2.34. The maximum atomic E-state index is 12.3. The van der Waals surface area contributed by atoms with E-state index in [-0.39, 0.29) is 17.9 Å². The third kappa shape index (κ3) is 3.09. The zero-order valence-corrected chi connectivity index (χ0v) is 13.1. The molecule has 3 nitrogen and oxygen atoms in total. The van der Waals surface area contributed by atoms with Crippen LogP contribution in [0.15, 0.2) is 18.2 Å². The molecule has 0 bridgehead atoms. The molecular formula is C16H22ClNO2. The van der Waals surface area contributed by atoms with E-state index in [9.17, 15) is 4.79 Å². The Morgan fingerprint density at radius 2 is 2.20 bits per heavy atom. The van der Waals surface area contributed by atoms with Gasteiger partial charge in [0.25, 0.3) is 0 Å². The maximum absolute atomic E-state index is 12.3. The summed E-state index contributed by atoms with van der Waals surface area (Å²) in [5.74, 6) is 0.0704. The molecule has 0 unspecified atom stereocenters. The van der Waals surface area contributed by atoms with E-state index in [1.165, 1.54) is 5.56 Å². The molecule has 0 N–H and O–H groups in total. The lowest BCUT2D eigenvalue weighted by Gasteiger charge is -2.38. The lowest BCUT2D eigenvalue weighted by atomic mass is 9.95. The number of fused-ring (bicyclic) bond motifs is 1. The van der Waals surface area contributed by atoms with Gasteiger partial charge in [-0.05, 0) is 49.4 Å². The third-order valence-electron chi connectivity index (χ3n) is 3.69. The number of rotatable bonds is 4. The van der Waals surface area contributed by atoms with Crippen molar-refractivity contribution in [3.63, 3.8) is 0 Å². The van der Waals surface area contributed by atoms with Gasteiger partial charge in [-0.15, -0.1) is 0 Å². The first kappa shape index (κ1) is 15.2. The molecule has 1 aromatic rings. The van der Waals surface area contributed by atoms with Crippen LogP contribution in [-0.2, 0) is 16.0 Å². The quantitative estimate of drug-likeness (QED) is 0.794. The van der Waals surface area contributed by atoms with E-state index in [1.54, 1.807) is 0 Å². The van der Waals surface area contributed by atoms with E-state index >= 15 is 0 Å². The van der Waals surface area contributed by atoms with Crippen LogP contribution >= 0.6 is 11.6 Å². The summed E-state index contributed by atoms with van der Waals surface area (Å²) in [4.78, 5) is 14.4. The number of esters is 1. The average Bonchev–Trinajstić information content (AvgIpc) is 2.38. The van der Waals surface area contributed by atoms with E-state index < -0.39 is 0 Å². The van der Waals surface area contributed by atoms with Crippen LogP contribution in [0.3, 0.4) is 0 Å². The summed E-state index contributed by atoms with van der Waals surface area (Å²) in [6.07, 6.45) is 2.05. The van der Waals surface area contributed by atoms with Gasteiger partial charge in [-0.25, -0.2) is 4.79 Å². The van der Waals surface area contributed by atoms with Crippen molar-refractivity contribution in [1.29, 1.82) is 0 Å². The maximum Gasteiger partial charge on any atom is 0.329 e. The number of hydrogen-bond donors (Lipinski definition) is 0. The van der Waals surface area contributed by atoms with Crippen molar-refractivity contribution in [3.8, 4) is 0 Å². The van der Waals surface area contributed by atoms with Gasteiger partial charge in [0.1, 0.15) is 6.04 Å². The standard InChI is InChI=1S/C16H22ClNO2/c1-4-20-16(19)15(11(2)3)18-9-5-6-12-10-13(17)7-8-14(12)18/h7-8,10-11,15H,4-6,9H2,1-3H3/t15-/m0/s1. The molecule has 110 valence electrons. The Bertz CT molecular complexity index is 487. The molecule has 0 amide bonds. The number of hydrogen-bond acceptors (Lipinski definition) is 3. The molecule has 1 atom stereocenters. The third-order valence-corrected chi connectivity index (χ3v) is 3.93. The molecule has 1 aliphatic heterocycles. The number of carbonyl (C=O) groups is 1. The van der Waals surface area contributed by atoms with E-state index in [2.05, 4.69) is 18.7 Å². The van der Waals surface area contributed by atoms with Crippen molar-refractivity contribution in [3.05, 3.63) is 28.8 Å². The van der Waals surface area contributed by atoms with Crippen LogP contribution in [0.2, 0.25) is 5.02 Å². The van der Waals surface area contributed by atoms with E-state index in [0.717, 1.165) is 30.1 Å². The molecule has 1 aliphatic rings. The molecule has 1 aromatic carbocycles. The van der Waals surface area contributed by atoms with Crippen molar-refractivity contribution in [2.45, 2.75) is 39.7 Å². The zero-order chi connectivity index (χ0) is 14.7. The number of aryl methyl sites for hydroxylation is 1. The van der Waals surface area contributed by atoms with E-state index in [4.69, 9.17) is 16.3 Å². The molecule has 0 saturated carbocycles. The van der Waals surface area contributed by atoms with Gasteiger partial charge in [0, 0.05) is 17.3 Å². The SMILES string of the molecule is CCOC(=O)[C@H](C(C)C)N1CCCc2cc(Cl)ccc21. The summed E-state index contributed by atoms with van der Waals surface area (Å²) in [6, 6.07) is 5.69. The first-order valence-corrected chi connectivity index (χ1v) is 7.64. The molecule has 0 aliphatic carbocycles. The highest BCUT2D eigenvalue weighted by atomic mass is 35.5. The summed E-state index contributed by atoms with van der Waals surface area (Å²) in [6.45, 7) is 7.27.